The summed E-state index contributed by atoms with van der Waals surface area (Å²) in [5.41, 5.74) is 11.5. The van der Waals surface area contributed by atoms with Crippen LogP contribution in [0.25, 0.3) is 22.2 Å². The van der Waals surface area contributed by atoms with Crippen LogP contribution in [-0.4, -0.2) is 55.2 Å². The lowest BCUT2D eigenvalue weighted by atomic mass is 10.0. The summed E-state index contributed by atoms with van der Waals surface area (Å²) in [6.07, 6.45) is 0.901. The summed E-state index contributed by atoms with van der Waals surface area (Å²) >= 11 is 0. The van der Waals surface area contributed by atoms with Gasteiger partial charge in [-0.25, -0.2) is 4.98 Å². The fraction of sp³-hybridized carbons (Fsp3) is 0.400. The van der Waals surface area contributed by atoms with Gasteiger partial charge in [0.1, 0.15) is 0 Å². The molecular weight excluding hydrogens is 370 g/mol. The lowest BCUT2D eigenvalue weighted by molar-refractivity contribution is 0.313. The van der Waals surface area contributed by atoms with Crippen LogP contribution in [0.2, 0.25) is 0 Å². The molecule has 0 amide bonds. The number of pyridine rings is 1. The molecule has 2 heterocycles. The number of fused-ring (bicyclic) bond motifs is 1. The fourth-order valence-electron chi connectivity index (χ4n) is 3.90. The van der Waals surface area contributed by atoms with Gasteiger partial charge in [0.05, 0.1) is 11.2 Å². The first-order valence-electron chi connectivity index (χ1n) is 10.9. The minimum atomic E-state index is -0.183. The summed E-state index contributed by atoms with van der Waals surface area (Å²) < 4.78 is 0. The maximum Gasteiger partial charge on any atom is 0.0730 e. The van der Waals surface area contributed by atoms with Crippen molar-refractivity contribution in [3.8, 4) is 11.3 Å². The van der Waals surface area contributed by atoms with Gasteiger partial charge in [-0.1, -0.05) is 30.3 Å². The van der Waals surface area contributed by atoms with Gasteiger partial charge in [-0.3, -0.25) is 0 Å². The summed E-state index contributed by atoms with van der Waals surface area (Å²) in [6.45, 7) is 9.34. The summed E-state index contributed by atoms with van der Waals surface area (Å²) in [5.74, 6) is 0. The van der Waals surface area contributed by atoms with E-state index in [1.165, 1.54) is 5.69 Å². The molecule has 4 rings (SSSR count). The maximum atomic E-state index is 6.16. The maximum absolute atomic E-state index is 6.16. The molecule has 0 unspecified atom stereocenters. The van der Waals surface area contributed by atoms with Gasteiger partial charge in [0.25, 0.3) is 0 Å². The quantitative estimate of drug-likeness (QED) is 0.646. The largest absolute Gasteiger partial charge is 0.384 e. The first-order chi connectivity index (χ1) is 14.4. The van der Waals surface area contributed by atoms with Crippen LogP contribution in [0.1, 0.15) is 20.3 Å². The van der Waals surface area contributed by atoms with Gasteiger partial charge >= 0.3 is 0 Å². The number of nitrogens with two attached hydrogens (primary N) is 1. The summed E-state index contributed by atoms with van der Waals surface area (Å²) in [5, 5.41) is 4.73. The molecule has 3 aromatic rings. The van der Waals surface area contributed by atoms with Crippen molar-refractivity contribution in [3.05, 3.63) is 54.6 Å². The van der Waals surface area contributed by atoms with Gasteiger partial charge in [-0.05, 0) is 51.6 Å². The molecule has 1 fully saturated rings. The second kappa shape index (κ2) is 8.62. The van der Waals surface area contributed by atoms with Crippen LogP contribution >= 0.6 is 0 Å². The van der Waals surface area contributed by atoms with Crippen molar-refractivity contribution in [3.63, 3.8) is 0 Å². The highest BCUT2D eigenvalue weighted by Gasteiger charge is 2.15. The van der Waals surface area contributed by atoms with Gasteiger partial charge in [0.2, 0.25) is 0 Å². The zero-order valence-corrected chi connectivity index (χ0v) is 18.4. The Kier molecular flexibility index (Phi) is 5.93. The zero-order chi connectivity index (χ0) is 21.1. The third kappa shape index (κ3) is 4.91. The fourth-order valence-corrected chi connectivity index (χ4v) is 3.90. The Morgan fingerprint density at radius 1 is 1.00 bits per heavy atom. The van der Waals surface area contributed by atoms with Crippen LogP contribution in [-0.2, 0) is 0 Å². The number of nitrogens with zero attached hydrogens (tertiary/aromatic N) is 3. The summed E-state index contributed by atoms with van der Waals surface area (Å²) in [4.78, 5) is 9.77. The summed E-state index contributed by atoms with van der Waals surface area (Å²) in [6, 6.07) is 19.3. The Hall–Kier alpha value is -2.63. The topological polar surface area (TPSA) is 57.4 Å². The standard InChI is InChI=1S/C25H33N5/c1-25(2,26)12-13-27-24-18-23(28-22-7-5-4-6-21(22)24)19-8-10-20(11-9-19)30-16-14-29(3)15-17-30/h4-11,18H,12-17,26H2,1-3H3,(H,27,28). The van der Waals surface area contributed by atoms with Crippen LogP contribution < -0.4 is 16.0 Å². The number of hydrogen-bond donors (Lipinski definition) is 2. The molecule has 1 aliphatic heterocycles. The zero-order valence-electron chi connectivity index (χ0n) is 18.4. The molecule has 0 spiro atoms. The number of hydrogen-bond acceptors (Lipinski definition) is 5. The Bertz CT molecular complexity index is 983. The molecule has 158 valence electrons. The van der Waals surface area contributed by atoms with E-state index in [1.807, 2.05) is 6.07 Å². The van der Waals surface area contributed by atoms with Crippen LogP contribution in [0.4, 0.5) is 11.4 Å². The van der Waals surface area contributed by atoms with Crippen molar-refractivity contribution in [1.29, 1.82) is 0 Å². The number of likely N-dealkylation sites (N-methyl/N-ethyl adjacent to an activating group) is 1. The van der Waals surface area contributed by atoms with Gasteiger partial charge in [0.15, 0.2) is 0 Å². The van der Waals surface area contributed by atoms with Crippen LogP contribution in [0.15, 0.2) is 54.6 Å². The first kappa shape index (κ1) is 20.6. The lowest BCUT2D eigenvalue weighted by Gasteiger charge is -2.34. The van der Waals surface area contributed by atoms with Gasteiger partial charge in [-0.2, -0.15) is 0 Å². The highest BCUT2D eigenvalue weighted by molar-refractivity contribution is 5.93. The highest BCUT2D eigenvalue weighted by Crippen LogP contribution is 2.30. The minimum Gasteiger partial charge on any atom is -0.384 e. The van der Waals surface area contributed by atoms with E-state index in [0.29, 0.717) is 0 Å². The van der Waals surface area contributed by atoms with E-state index in [1.54, 1.807) is 0 Å². The van der Waals surface area contributed by atoms with Gasteiger partial charge < -0.3 is 20.9 Å². The number of para-hydroxylation sites is 1. The smallest absolute Gasteiger partial charge is 0.0730 e. The van der Waals surface area contributed by atoms with E-state index < -0.39 is 0 Å². The molecular formula is C25H33N5. The average Bonchev–Trinajstić information content (AvgIpc) is 2.73. The molecule has 1 aromatic heterocycles. The third-order valence-electron chi connectivity index (χ3n) is 5.83. The Morgan fingerprint density at radius 3 is 2.40 bits per heavy atom. The third-order valence-corrected chi connectivity index (χ3v) is 5.83. The number of piperazine rings is 1. The minimum absolute atomic E-state index is 0.183. The Morgan fingerprint density at radius 2 is 1.70 bits per heavy atom. The molecule has 0 saturated carbocycles. The van der Waals surface area contributed by atoms with E-state index in [2.05, 4.69) is 84.5 Å². The van der Waals surface area contributed by atoms with Crippen LogP contribution in [0.5, 0.6) is 0 Å². The second-order valence-corrected chi connectivity index (χ2v) is 9.07. The van der Waals surface area contributed by atoms with Crippen molar-refractivity contribution in [2.45, 2.75) is 25.8 Å². The molecule has 1 aliphatic rings. The SMILES string of the molecule is CN1CCN(c2ccc(-c3cc(NCCC(C)(C)N)c4ccccc4n3)cc2)CC1. The second-order valence-electron chi connectivity index (χ2n) is 9.07. The van der Waals surface area contributed by atoms with E-state index in [-0.39, 0.29) is 5.54 Å². The number of anilines is 2. The normalized spacial score (nSPS) is 15.5. The number of aromatic nitrogens is 1. The highest BCUT2D eigenvalue weighted by atomic mass is 15.2. The number of rotatable bonds is 6. The van der Waals surface area contributed by atoms with Crippen molar-refractivity contribution in [2.24, 2.45) is 5.73 Å². The Labute approximate surface area is 179 Å². The van der Waals surface area contributed by atoms with E-state index in [4.69, 9.17) is 10.7 Å². The monoisotopic (exact) mass is 403 g/mol. The number of nitrogens with one attached hydrogen (secondary N) is 1. The van der Waals surface area contributed by atoms with E-state index in [9.17, 15) is 0 Å². The van der Waals surface area contributed by atoms with Crippen molar-refractivity contribution < 1.29 is 0 Å². The molecule has 1 saturated heterocycles. The molecule has 0 atom stereocenters. The average molecular weight is 404 g/mol. The lowest BCUT2D eigenvalue weighted by Crippen LogP contribution is -2.44. The van der Waals surface area contributed by atoms with E-state index >= 15 is 0 Å². The van der Waals surface area contributed by atoms with Crippen molar-refractivity contribution in [2.75, 3.05) is 50.0 Å². The predicted octanol–water partition coefficient (Wildman–Crippen LogP) is 4.19. The molecule has 2 aromatic carbocycles. The molecule has 0 bridgehead atoms. The number of benzene rings is 2. The van der Waals surface area contributed by atoms with Gasteiger partial charge in [-0.15, -0.1) is 0 Å². The molecule has 5 nitrogen and oxygen atoms in total. The van der Waals surface area contributed by atoms with Crippen LogP contribution in [0.3, 0.4) is 0 Å². The predicted molar refractivity (Wildman–Crippen MR) is 128 cm³/mol. The first-order valence-corrected chi connectivity index (χ1v) is 10.9. The molecule has 0 aliphatic carbocycles. The van der Waals surface area contributed by atoms with Crippen molar-refractivity contribution in [1.82, 2.24) is 9.88 Å². The van der Waals surface area contributed by atoms with Crippen LogP contribution in [0, 0.1) is 0 Å². The summed E-state index contributed by atoms with van der Waals surface area (Å²) in [7, 11) is 2.19. The van der Waals surface area contributed by atoms with Gasteiger partial charge in [0, 0.05) is 60.6 Å². The Balaban J connectivity index is 1.59. The molecule has 5 heteroatoms. The van der Waals surface area contributed by atoms with E-state index in [0.717, 1.165) is 67.0 Å². The molecule has 0 radical (unpaired) electrons. The van der Waals surface area contributed by atoms with Crippen molar-refractivity contribution >= 4 is 22.3 Å². The molecule has 30 heavy (non-hydrogen) atoms. The molecule has 3 N–H and O–H groups in total.